The van der Waals surface area contributed by atoms with E-state index in [1.165, 1.54) is 6.07 Å². The number of aromatic carboxylic acids is 1. The Bertz CT molecular complexity index is 1690. The molecule has 0 bridgehead atoms. The summed E-state index contributed by atoms with van der Waals surface area (Å²) in [4.78, 5) is 27.3. The van der Waals surface area contributed by atoms with E-state index in [0.29, 0.717) is 56.4 Å². The molecular formula is C29H28ClN7O5. The molecule has 1 aromatic carbocycles. The summed E-state index contributed by atoms with van der Waals surface area (Å²) in [6, 6.07) is 12.6. The number of nitrogens with zero attached hydrogens (tertiary/aromatic N) is 7. The Hall–Kier alpha value is -4.42. The molecule has 1 saturated heterocycles. The Morgan fingerprint density at radius 2 is 2.00 bits per heavy atom. The summed E-state index contributed by atoms with van der Waals surface area (Å²) in [6.07, 6.45) is 3.56. The van der Waals surface area contributed by atoms with Gasteiger partial charge in [-0.05, 0) is 30.7 Å². The van der Waals surface area contributed by atoms with Gasteiger partial charge in [0.25, 0.3) is 0 Å². The summed E-state index contributed by atoms with van der Waals surface area (Å²) in [5, 5.41) is 16.7. The highest BCUT2D eigenvalue weighted by molar-refractivity contribution is 6.31. The molecule has 1 N–H and O–H groups in total. The lowest BCUT2D eigenvalue weighted by molar-refractivity contribution is -0.0592. The Labute approximate surface area is 246 Å². The van der Waals surface area contributed by atoms with Gasteiger partial charge in [0.05, 0.1) is 32.3 Å². The van der Waals surface area contributed by atoms with Crippen molar-refractivity contribution in [2.75, 3.05) is 31.2 Å². The molecule has 1 atom stereocenters. The van der Waals surface area contributed by atoms with E-state index in [-0.39, 0.29) is 11.8 Å². The summed E-state index contributed by atoms with van der Waals surface area (Å²) in [7, 11) is 0. The Morgan fingerprint density at radius 1 is 1.10 bits per heavy atom. The third-order valence-corrected chi connectivity index (χ3v) is 7.96. The lowest BCUT2D eigenvalue weighted by Crippen LogP contribution is -2.38. The van der Waals surface area contributed by atoms with Crippen LogP contribution in [0.3, 0.4) is 0 Å². The van der Waals surface area contributed by atoms with E-state index in [2.05, 4.69) is 15.1 Å². The van der Waals surface area contributed by atoms with E-state index in [9.17, 15) is 9.90 Å². The van der Waals surface area contributed by atoms with Gasteiger partial charge in [-0.15, -0.1) is 0 Å². The normalized spacial score (nSPS) is 17.7. The summed E-state index contributed by atoms with van der Waals surface area (Å²) >= 11 is 6.31. The molecule has 0 spiro atoms. The number of hydrogen-bond donors (Lipinski definition) is 1. The zero-order valence-electron chi connectivity index (χ0n) is 22.6. The van der Waals surface area contributed by atoms with Crippen molar-refractivity contribution in [3.63, 3.8) is 0 Å². The largest absolute Gasteiger partial charge is 0.492 e. The van der Waals surface area contributed by atoms with Gasteiger partial charge in [-0.1, -0.05) is 23.7 Å². The van der Waals surface area contributed by atoms with Crippen molar-refractivity contribution < 1.29 is 24.1 Å². The van der Waals surface area contributed by atoms with Crippen LogP contribution in [0, 0.1) is 0 Å². The molecule has 3 aliphatic rings. The fourth-order valence-electron chi connectivity index (χ4n) is 5.27. The second-order valence-electron chi connectivity index (χ2n) is 10.3. The number of halogens is 1. The Morgan fingerprint density at radius 3 is 2.79 bits per heavy atom. The molecular weight excluding hydrogens is 562 g/mol. The van der Waals surface area contributed by atoms with E-state index in [4.69, 9.17) is 30.8 Å². The minimum absolute atomic E-state index is 0.0134. The first-order valence-corrected chi connectivity index (χ1v) is 14.2. The van der Waals surface area contributed by atoms with Crippen LogP contribution in [0.25, 0.3) is 11.2 Å². The lowest BCUT2D eigenvalue weighted by Gasteiger charge is -2.30. The molecule has 0 aliphatic carbocycles. The highest BCUT2D eigenvalue weighted by Gasteiger charge is 2.25. The zero-order chi connectivity index (χ0) is 28.6. The predicted molar refractivity (Wildman–Crippen MR) is 154 cm³/mol. The van der Waals surface area contributed by atoms with E-state index in [1.54, 1.807) is 12.4 Å². The number of fused-ring (bicyclic) bond motifs is 2. The molecule has 0 saturated carbocycles. The van der Waals surface area contributed by atoms with Gasteiger partial charge in [0.1, 0.15) is 35.9 Å². The van der Waals surface area contributed by atoms with Crippen LogP contribution in [-0.2, 0) is 30.9 Å². The predicted octanol–water partition coefficient (Wildman–Crippen LogP) is 3.75. The van der Waals surface area contributed by atoms with Crippen LogP contribution in [0.4, 0.5) is 5.82 Å². The van der Waals surface area contributed by atoms with Crippen LogP contribution in [-0.4, -0.2) is 74.3 Å². The van der Waals surface area contributed by atoms with Crippen LogP contribution in [0.2, 0.25) is 5.02 Å². The molecule has 1 fully saturated rings. The molecule has 7 rings (SSSR count). The van der Waals surface area contributed by atoms with Gasteiger partial charge in [0, 0.05) is 41.8 Å². The summed E-state index contributed by atoms with van der Waals surface area (Å²) in [5.41, 5.74) is 3.15. The first kappa shape index (κ1) is 26.5. The molecule has 3 aromatic heterocycles. The van der Waals surface area contributed by atoms with Gasteiger partial charge < -0.3 is 28.8 Å². The monoisotopic (exact) mass is 589 g/mol. The number of carboxylic acid groups (broad SMARTS) is 1. The zero-order valence-corrected chi connectivity index (χ0v) is 23.4. The second-order valence-corrected chi connectivity index (χ2v) is 10.7. The minimum atomic E-state index is -1.07. The molecule has 4 aromatic rings. The van der Waals surface area contributed by atoms with Gasteiger partial charge in [-0.2, -0.15) is 10.1 Å². The maximum atomic E-state index is 11.5. The van der Waals surface area contributed by atoms with Crippen molar-refractivity contribution in [3.8, 4) is 11.6 Å². The standard InChI is InChI=1S/C29H28ClN7O5/c30-21-5-4-18(27-20(21)9-13-41-27)16-42-26-3-1-2-24(34-26)35-10-11-36(31-17-35)15-25-32-22-6-7-23(29(38)39)33-28(22)37(25)14-19-8-12-40-19/h1-7,17,19H,8-16H2,(H,38,39)/t19-/m0/s1. The summed E-state index contributed by atoms with van der Waals surface area (Å²) in [5.74, 6) is 1.73. The SMILES string of the molecule is O=C(O)c1ccc2nc(CN3CCN(c4cccc(OCc5ccc(Cl)c6c5OCC6)n4)C=N3)n(C[C@@H]3CCO3)c2n1. The van der Waals surface area contributed by atoms with Gasteiger partial charge in [0.2, 0.25) is 5.88 Å². The average Bonchev–Trinajstić information content (AvgIpc) is 3.61. The molecule has 0 amide bonds. The van der Waals surface area contributed by atoms with Crippen molar-refractivity contribution in [2.24, 2.45) is 5.10 Å². The average molecular weight is 590 g/mol. The number of anilines is 1. The van der Waals surface area contributed by atoms with E-state index < -0.39 is 5.97 Å². The van der Waals surface area contributed by atoms with Gasteiger partial charge in [0.15, 0.2) is 11.3 Å². The first-order chi connectivity index (χ1) is 20.5. The van der Waals surface area contributed by atoms with Crippen LogP contribution in [0.15, 0.2) is 47.6 Å². The first-order valence-electron chi connectivity index (χ1n) is 13.8. The lowest BCUT2D eigenvalue weighted by atomic mass is 10.1. The van der Waals surface area contributed by atoms with Crippen molar-refractivity contribution in [1.29, 1.82) is 0 Å². The number of benzene rings is 1. The number of hydrazone groups is 1. The molecule has 6 heterocycles. The van der Waals surface area contributed by atoms with Gasteiger partial charge >= 0.3 is 5.97 Å². The molecule has 216 valence electrons. The maximum Gasteiger partial charge on any atom is 0.354 e. The number of carbonyl (C=O) groups is 1. The molecule has 3 aliphatic heterocycles. The number of imidazole rings is 1. The van der Waals surface area contributed by atoms with Crippen LogP contribution < -0.4 is 14.4 Å². The third-order valence-electron chi connectivity index (χ3n) is 7.61. The van der Waals surface area contributed by atoms with Gasteiger partial charge in [-0.3, -0.25) is 5.01 Å². The Balaban J connectivity index is 1.04. The van der Waals surface area contributed by atoms with Crippen LogP contribution >= 0.6 is 11.6 Å². The van der Waals surface area contributed by atoms with E-state index in [1.807, 2.05) is 44.8 Å². The topological polar surface area (TPSA) is 127 Å². The number of pyridine rings is 2. The maximum absolute atomic E-state index is 11.5. The Kier molecular flexibility index (Phi) is 7.00. The number of aromatic nitrogens is 4. The summed E-state index contributed by atoms with van der Waals surface area (Å²) < 4.78 is 19.4. The molecule has 0 unspecified atom stereocenters. The number of hydrogen-bond acceptors (Lipinski definition) is 10. The summed E-state index contributed by atoms with van der Waals surface area (Å²) in [6.45, 7) is 3.98. The van der Waals surface area contributed by atoms with Crippen molar-refractivity contribution >= 4 is 40.9 Å². The van der Waals surface area contributed by atoms with Crippen LogP contribution in [0.1, 0.15) is 33.9 Å². The van der Waals surface area contributed by atoms with Crippen LogP contribution in [0.5, 0.6) is 11.6 Å². The number of rotatable bonds is 9. The third kappa shape index (κ3) is 5.19. The molecule has 0 radical (unpaired) electrons. The van der Waals surface area contributed by atoms with Crippen molar-refractivity contribution in [3.05, 3.63) is 70.1 Å². The number of carboxylic acids is 1. The fraction of sp³-hybridized carbons (Fsp3) is 0.345. The van der Waals surface area contributed by atoms with E-state index in [0.717, 1.165) is 53.0 Å². The molecule has 12 nitrogen and oxygen atoms in total. The number of ether oxygens (including phenoxy) is 3. The molecule has 13 heteroatoms. The second kappa shape index (κ2) is 11.1. The van der Waals surface area contributed by atoms with E-state index >= 15 is 0 Å². The highest BCUT2D eigenvalue weighted by atomic mass is 35.5. The quantitative estimate of drug-likeness (QED) is 0.308. The fourth-order valence-corrected chi connectivity index (χ4v) is 5.52. The minimum Gasteiger partial charge on any atom is -0.492 e. The van der Waals surface area contributed by atoms with Gasteiger partial charge in [-0.25, -0.2) is 14.8 Å². The highest BCUT2D eigenvalue weighted by Crippen LogP contribution is 2.35. The van der Waals surface area contributed by atoms with Crippen molar-refractivity contribution in [1.82, 2.24) is 24.5 Å². The molecule has 42 heavy (non-hydrogen) atoms. The van der Waals surface area contributed by atoms with Crippen molar-refractivity contribution in [2.45, 2.75) is 38.6 Å². The smallest absolute Gasteiger partial charge is 0.354 e.